The predicted molar refractivity (Wildman–Crippen MR) is 70.3 cm³/mol. The van der Waals surface area contributed by atoms with E-state index in [9.17, 15) is 4.79 Å². The molecule has 0 radical (unpaired) electrons. The van der Waals surface area contributed by atoms with Gasteiger partial charge in [-0.3, -0.25) is 4.79 Å². The normalized spacial score (nSPS) is 10.1. The van der Waals surface area contributed by atoms with Crippen LogP contribution in [0.3, 0.4) is 0 Å². The summed E-state index contributed by atoms with van der Waals surface area (Å²) in [5.41, 5.74) is 8.13. The molecule has 2 aromatic heterocycles. The number of nitrogens with zero attached hydrogens (tertiary/aromatic N) is 2. The van der Waals surface area contributed by atoms with Crippen molar-refractivity contribution in [2.75, 3.05) is 11.1 Å². The van der Waals surface area contributed by atoms with E-state index in [0.717, 1.165) is 11.3 Å². The van der Waals surface area contributed by atoms with Crippen LogP contribution in [0.2, 0.25) is 0 Å². The molecule has 92 valence electrons. The van der Waals surface area contributed by atoms with E-state index in [1.807, 2.05) is 19.9 Å². The third-order valence-electron chi connectivity index (χ3n) is 2.39. The Labute approximate surface area is 105 Å². The highest BCUT2D eigenvalue weighted by Gasteiger charge is 2.11. The number of nitrogen functional groups attached to an aromatic ring is 1. The number of carbonyl (C=O) groups is 1. The SMILES string of the molecule is Cc1cc(C)nc(NC(=O)c2ncccc2N)c1. The van der Waals surface area contributed by atoms with Crippen LogP contribution in [0.25, 0.3) is 0 Å². The molecular formula is C13H14N4O. The van der Waals surface area contributed by atoms with E-state index >= 15 is 0 Å². The van der Waals surface area contributed by atoms with Crippen LogP contribution >= 0.6 is 0 Å². The second-order valence-corrected chi connectivity index (χ2v) is 4.07. The van der Waals surface area contributed by atoms with Gasteiger partial charge in [-0.25, -0.2) is 9.97 Å². The van der Waals surface area contributed by atoms with Gasteiger partial charge in [-0.1, -0.05) is 0 Å². The lowest BCUT2D eigenvalue weighted by Crippen LogP contribution is -2.16. The number of anilines is 2. The maximum absolute atomic E-state index is 12.0. The molecule has 0 atom stereocenters. The van der Waals surface area contributed by atoms with Crippen molar-refractivity contribution in [1.82, 2.24) is 9.97 Å². The van der Waals surface area contributed by atoms with Crippen LogP contribution in [0, 0.1) is 13.8 Å². The van der Waals surface area contributed by atoms with Crippen molar-refractivity contribution in [2.24, 2.45) is 0 Å². The molecule has 0 aliphatic carbocycles. The molecule has 0 spiro atoms. The number of hydrogen-bond donors (Lipinski definition) is 2. The number of aromatic nitrogens is 2. The molecule has 0 saturated carbocycles. The Morgan fingerprint density at radius 1 is 1.33 bits per heavy atom. The fourth-order valence-electron chi connectivity index (χ4n) is 1.69. The van der Waals surface area contributed by atoms with E-state index in [0.29, 0.717) is 11.5 Å². The second kappa shape index (κ2) is 4.83. The quantitative estimate of drug-likeness (QED) is 0.843. The average Bonchev–Trinajstić information content (AvgIpc) is 2.27. The molecule has 3 N–H and O–H groups in total. The van der Waals surface area contributed by atoms with Crippen molar-refractivity contribution < 1.29 is 4.79 Å². The number of rotatable bonds is 2. The molecular weight excluding hydrogens is 228 g/mol. The summed E-state index contributed by atoms with van der Waals surface area (Å²) >= 11 is 0. The lowest BCUT2D eigenvalue weighted by Gasteiger charge is -2.07. The first-order valence-electron chi connectivity index (χ1n) is 5.53. The molecule has 0 aromatic carbocycles. The molecule has 0 bridgehead atoms. The van der Waals surface area contributed by atoms with Gasteiger partial charge in [-0.2, -0.15) is 0 Å². The maximum Gasteiger partial charge on any atom is 0.277 e. The Bertz CT molecular complexity index is 575. The molecule has 5 heteroatoms. The van der Waals surface area contributed by atoms with Crippen molar-refractivity contribution in [1.29, 1.82) is 0 Å². The van der Waals surface area contributed by atoms with E-state index in [4.69, 9.17) is 5.73 Å². The van der Waals surface area contributed by atoms with E-state index in [2.05, 4.69) is 15.3 Å². The van der Waals surface area contributed by atoms with Gasteiger partial charge in [-0.05, 0) is 43.7 Å². The lowest BCUT2D eigenvalue weighted by atomic mass is 10.2. The molecule has 1 amide bonds. The third-order valence-corrected chi connectivity index (χ3v) is 2.39. The van der Waals surface area contributed by atoms with Crippen molar-refractivity contribution in [3.63, 3.8) is 0 Å². The maximum atomic E-state index is 12.0. The molecule has 0 saturated heterocycles. The summed E-state index contributed by atoms with van der Waals surface area (Å²) < 4.78 is 0. The third kappa shape index (κ3) is 2.63. The number of nitrogens with two attached hydrogens (primary N) is 1. The summed E-state index contributed by atoms with van der Waals surface area (Å²) in [7, 11) is 0. The van der Waals surface area contributed by atoms with Crippen LogP contribution in [0.15, 0.2) is 30.5 Å². The van der Waals surface area contributed by atoms with Crippen molar-refractivity contribution >= 4 is 17.4 Å². The van der Waals surface area contributed by atoms with Crippen molar-refractivity contribution in [3.8, 4) is 0 Å². The zero-order chi connectivity index (χ0) is 13.1. The van der Waals surface area contributed by atoms with Crippen LogP contribution < -0.4 is 11.1 Å². The number of hydrogen-bond acceptors (Lipinski definition) is 4. The zero-order valence-corrected chi connectivity index (χ0v) is 10.3. The van der Waals surface area contributed by atoms with Gasteiger partial charge in [0.05, 0.1) is 5.69 Å². The van der Waals surface area contributed by atoms with Gasteiger partial charge in [0.1, 0.15) is 5.82 Å². The zero-order valence-electron chi connectivity index (χ0n) is 10.3. The van der Waals surface area contributed by atoms with Gasteiger partial charge in [0.15, 0.2) is 5.69 Å². The molecule has 2 rings (SSSR count). The molecule has 0 aliphatic heterocycles. The summed E-state index contributed by atoms with van der Waals surface area (Å²) in [6.07, 6.45) is 1.53. The van der Waals surface area contributed by atoms with Crippen molar-refractivity contribution in [2.45, 2.75) is 13.8 Å². The minimum absolute atomic E-state index is 0.207. The number of nitrogens with one attached hydrogen (secondary N) is 1. The highest BCUT2D eigenvalue weighted by atomic mass is 16.1. The monoisotopic (exact) mass is 242 g/mol. The first-order chi connectivity index (χ1) is 8.56. The van der Waals surface area contributed by atoms with Gasteiger partial charge >= 0.3 is 0 Å². The number of amides is 1. The largest absolute Gasteiger partial charge is 0.397 e. The van der Waals surface area contributed by atoms with Crippen molar-refractivity contribution in [3.05, 3.63) is 47.4 Å². The molecule has 2 aromatic rings. The second-order valence-electron chi connectivity index (χ2n) is 4.07. The topological polar surface area (TPSA) is 80.9 Å². The summed E-state index contributed by atoms with van der Waals surface area (Å²) in [6.45, 7) is 3.82. The summed E-state index contributed by atoms with van der Waals surface area (Å²) in [6, 6.07) is 7.05. The minimum atomic E-state index is -0.356. The van der Waals surface area contributed by atoms with Crippen LogP contribution in [0.1, 0.15) is 21.7 Å². The summed E-state index contributed by atoms with van der Waals surface area (Å²) in [5.74, 6) is 0.146. The Morgan fingerprint density at radius 3 is 2.78 bits per heavy atom. The minimum Gasteiger partial charge on any atom is -0.397 e. The Balaban J connectivity index is 2.24. The number of pyridine rings is 2. The fraction of sp³-hybridized carbons (Fsp3) is 0.154. The molecule has 0 fully saturated rings. The average molecular weight is 242 g/mol. The summed E-state index contributed by atoms with van der Waals surface area (Å²) in [5, 5.41) is 2.69. The lowest BCUT2D eigenvalue weighted by molar-refractivity contribution is 0.102. The van der Waals surface area contributed by atoms with E-state index in [1.54, 1.807) is 18.2 Å². The number of carbonyl (C=O) groups excluding carboxylic acids is 1. The molecule has 0 aliphatic rings. The van der Waals surface area contributed by atoms with E-state index in [-0.39, 0.29) is 11.6 Å². The van der Waals surface area contributed by atoms with Gasteiger partial charge in [0, 0.05) is 11.9 Å². The van der Waals surface area contributed by atoms with Gasteiger partial charge in [0.25, 0.3) is 5.91 Å². The predicted octanol–water partition coefficient (Wildman–Crippen LogP) is 1.93. The highest BCUT2D eigenvalue weighted by Crippen LogP contribution is 2.12. The summed E-state index contributed by atoms with van der Waals surface area (Å²) in [4.78, 5) is 20.1. The van der Waals surface area contributed by atoms with Crippen LogP contribution in [-0.4, -0.2) is 15.9 Å². The first kappa shape index (κ1) is 12.0. The number of aryl methyl sites for hydroxylation is 2. The Kier molecular flexibility index (Phi) is 3.23. The standard InChI is InChI=1S/C13H14N4O/c1-8-6-9(2)16-11(7-8)17-13(18)12-10(14)4-3-5-15-12/h3-7H,14H2,1-2H3,(H,16,17,18). The van der Waals surface area contributed by atoms with E-state index in [1.165, 1.54) is 6.20 Å². The molecule has 2 heterocycles. The van der Waals surface area contributed by atoms with Crippen LogP contribution in [-0.2, 0) is 0 Å². The van der Waals surface area contributed by atoms with Gasteiger partial charge in [-0.15, -0.1) is 0 Å². The van der Waals surface area contributed by atoms with Crippen LogP contribution in [0.4, 0.5) is 11.5 Å². The molecule has 5 nitrogen and oxygen atoms in total. The van der Waals surface area contributed by atoms with Gasteiger partial charge < -0.3 is 11.1 Å². The fourth-order valence-corrected chi connectivity index (χ4v) is 1.69. The van der Waals surface area contributed by atoms with Crippen LogP contribution in [0.5, 0.6) is 0 Å². The Morgan fingerprint density at radius 2 is 2.11 bits per heavy atom. The highest BCUT2D eigenvalue weighted by molar-refractivity contribution is 6.05. The van der Waals surface area contributed by atoms with E-state index < -0.39 is 0 Å². The Hall–Kier alpha value is -2.43. The smallest absolute Gasteiger partial charge is 0.277 e. The molecule has 18 heavy (non-hydrogen) atoms. The van der Waals surface area contributed by atoms with Gasteiger partial charge in [0.2, 0.25) is 0 Å². The first-order valence-corrected chi connectivity index (χ1v) is 5.53. The molecule has 0 unspecified atom stereocenters.